The number of anilines is 1. The molecule has 28 heavy (non-hydrogen) atoms. The molecule has 1 heterocycles. The molecule has 0 aliphatic rings. The number of halogens is 1. The minimum Gasteiger partial charge on any atom is -0.496 e. The Bertz CT molecular complexity index is 969. The van der Waals surface area contributed by atoms with Gasteiger partial charge in [0, 0.05) is 10.4 Å². The quantitative estimate of drug-likeness (QED) is 0.531. The lowest BCUT2D eigenvalue weighted by Gasteiger charge is -2.07. The molecule has 0 aliphatic heterocycles. The molecule has 0 bridgehead atoms. The lowest BCUT2D eigenvalue weighted by molar-refractivity contribution is 0.102. The number of hydrogen-bond donors (Lipinski definition) is 1. The predicted molar refractivity (Wildman–Crippen MR) is 119 cm³/mol. The van der Waals surface area contributed by atoms with Crippen LogP contribution < -0.4 is 10.1 Å². The molecule has 0 radical (unpaired) electrons. The molecule has 1 N–H and O–H groups in total. The Kier molecular flexibility index (Phi) is 7.61. The molecule has 0 aliphatic carbocycles. The van der Waals surface area contributed by atoms with Gasteiger partial charge in [0.05, 0.1) is 18.4 Å². The van der Waals surface area contributed by atoms with Crippen molar-refractivity contribution in [2.24, 2.45) is 0 Å². The number of aryl methyl sites for hydroxylation is 3. The van der Waals surface area contributed by atoms with Crippen LogP contribution in [0.3, 0.4) is 0 Å². The number of para-hydroxylation sites is 1. The number of rotatable bonds is 6. The lowest BCUT2D eigenvalue weighted by atomic mass is 10.0. The van der Waals surface area contributed by atoms with Crippen LogP contribution in [-0.2, 0) is 6.42 Å². The highest BCUT2D eigenvalue weighted by Gasteiger charge is 2.18. The fourth-order valence-corrected chi connectivity index (χ4v) is 4.07. The number of methoxy groups -OCH3 is 1. The third-order valence-corrected chi connectivity index (χ3v) is 5.43. The summed E-state index contributed by atoms with van der Waals surface area (Å²) in [5.74, 6) is 0.340. The Morgan fingerprint density at radius 3 is 2.64 bits per heavy atom. The van der Waals surface area contributed by atoms with Gasteiger partial charge in [0.15, 0.2) is 5.13 Å². The zero-order valence-electron chi connectivity index (χ0n) is 16.5. The summed E-state index contributed by atoms with van der Waals surface area (Å²) in [6, 6.07) is 13.6. The van der Waals surface area contributed by atoms with Gasteiger partial charge in [0.25, 0.3) is 5.91 Å². The predicted octanol–water partition coefficient (Wildman–Crippen LogP) is 6.06. The number of amides is 1. The molecule has 0 fully saturated rings. The van der Waals surface area contributed by atoms with E-state index >= 15 is 0 Å². The van der Waals surface area contributed by atoms with Crippen molar-refractivity contribution in [2.45, 2.75) is 33.6 Å². The van der Waals surface area contributed by atoms with Crippen molar-refractivity contribution >= 4 is 34.8 Å². The molecule has 3 aromatic rings. The highest BCUT2D eigenvalue weighted by Crippen LogP contribution is 2.34. The topological polar surface area (TPSA) is 51.2 Å². The maximum absolute atomic E-state index is 12.7. The first-order valence-electron chi connectivity index (χ1n) is 9.05. The molecule has 0 saturated carbocycles. The largest absolute Gasteiger partial charge is 0.496 e. The van der Waals surface area contributed by atoms with Crippen LogP contribution in [0.4, 0.5) is 5.13 Å². The van der Waals surface area contributed by atoms with Crippen molar-refractivity contribution in [2.75, 3.05) is 12.4 Å². The van der Waals surface area contributed by atoms with Crippen molar-refractivity contribution in [1.82, 2.24) is 4.98 Å². The maximum Gasteiger partial charge on any atom is 0.261 e. The summed E-state index contributed by atoms with van der Waals surface area (Å²) in [7, 11) is 1.56. The van der Waals surface area contributed by atoms with Gasteiger partial charge in [-0.3, -0.25) is 10.1 Å². The summed E-state index contributed by atoms with van der Waals surface area (Å²) < 4.78 is 5.29. The fourth-order valence-electron chi connectivity index (χ4n) is 3.00. The van der Waals surface area contributed by atoms with E-state index in [1.54, 1.807) is 30.6 Å². The molecule has 3 rings (SSSR count). The number of hydrogen-bond acceptors (Lipinski definition) is 4. The number of aromatic nitrogens is 1. The fraction of sp³-hybridized carbons (Fsp3) is 0.273. The molecule has 2 aromatic carbocycles. The van der Waals surface area contributed by atoms with Crippen LogP contribution in [0.2, 0.25) is 0 Å². The van der Waals surface area contributed by atoms with Crippen LogP contribution in [-0.4, -0.2) is 18.0 Å². The van der Waals surface area contributed by atoms with Gasteiger partial charge in [-0.2, -0.15) is 0 Å². The third-order valence-electron chi connectivity index (χ3n) is 4.39. The molecule has 0 unspecified atom stereocenters. The highest BCUT2D eigenvalue weighted by atomic mass is 35.5. The maximum atomic E-state index is 12.7. The summed E-state index contributed by atoms with van der Waals surface area (Å²) >= 11 is 1.55. The first-order chi connectivity index (χ1) is 13.0. The second kappa shape index (κ2) is 9.71. The molecular formula is C22H25ClN2O2S. The van der Waals surface area contributed by atoms with Crippen LogP contribution in [0.5, 0.6) is 5.75 Å². The van der Waals surface area contributed by atoms with Gasteiger partial charge < -0.3 is 4.74 Å². The van der Waals surface area contributed by atoms with E-state index in [0.29, 0.717) is 16.4 Å². The number of nitrogens with zero attached hydrogens (tertiary/aromatic N) is 1. The minimum atomic E-state index is -0.211. The zero-order valence-corrected chi connectivity index (χ0v) is 18.2. The van der Waals surface area contributed by atoms with Crippen molar-refractivity contribution in [3.05, 3.63) is 64.0 Å². The molecule has 0 saturated heterocycles. The van der Waals surface area contributed by atoms with E-state index < -0.39 is 0 Å². The van der Waals surface area contributed by atoms with Gasteiger partial charge in [0.1, 0.15) is 5.75 Å². The molecule has 6 heteroatoms. The van der Waals surface area contributed by atoms with Gasteiger partial charge in [-0.05, 0) is 44.0 Å². The van der Waals surface area contributed by atoms with E-state index in [-0.39, 0.29) is 18.3 Å². The van der Waals surface area contributed by atoms with E-state index in [4.69, 9.17) is 9.72 Å². The van der Waals surface area contributed by atoms with Crippen molar-refractivity contribution < 1.29 is 9.53 Å². The van der Waals surface area contributed by atoms with E-state index in [1.165, 1.54) is 16.0 Å². The van der Waals surface area contributed by atoms with E-state index in [0.717, 1.165) is 24.1 Å². The average Bonchev–Trinajstić information content (AvgIpc) is 3.06. The summed E-state index contributed by atoms with van der Waals surface area (Å²) in [4.78, 5) is 18.7. The van der Waals surface area contributed by atoms with Crippen LogP contribution in [0.25, 0.3) is 11.3 Å². The SMILES string of the molecule is CCCc1sc(NC(=O)c2ccccc2OC)nc1-c1cc(C)ccc1C.Cl. The van der Waals surface area contributed by atoms with Gasteiger partial charge in [-0.25, -0.2) is 4.98 Å². The molecule has 4 nitrogen and oxygen atoms in total. The molecule has 1 aromatic heterocycles. The summed E-state index contributed by atoms with van der Waals surface area (Å²) in [5, 5.41) is 3.56. The van der Waals surface area contributed by atoms with Crippen LogP contribution in [0, 0.1) is 13.8 Å². The molecular weight excluding hydrogens is 392 g/mol. The summed E-state index contributed by atoms with van der Waals surface area (Å²) in [6.07, 6.45) is 1.96. The lowest BCUT2D eigenvalue weighted by Crippen LogP contribution is -2.12. The van der Waals surface area contributed by atoms with Crippen molar-refractivity contribution in [3.63, 3.8) is 0 Å². The minimum absolute atomic E-state index is 0. The van der Waals surface area contributed by atoms with E-state index in [1.807, 2.05) is 12.1 Å². The third kappa shape index (κ3) is 4.72. The number of benzene rings is 2. The summed E-state index contributed by atoms with van der Waals surface area (Å²) in [5.41, 5.74) is 4.99. The normalized spacial score (nSPS) is 10.3. The highest BCUT2D eigenvalue weighted by molar-refractivity contribution is 7.16. The van der Waals surface area contributed by atoms with Crippen molar-refractivity contribution in [3.8, 4) is 17.0 Å². The second-order valence-corrected chi connectivity index (χ2v) is 7.60. The molecule has 0 spiro atoms. The van der Waals surface area contributed by atoms with Crippen molar-refractivity contribution in [1.29, 1.82) is 0 Å². The Labute approximate surface area is 176 Å². The Morgan fingerprint density at radius 1 is 1.18 bits per heavy atom. The monoisotopic (exact) mass is 416 g/mol. The summed E-state index contributed by atoms with van der Waals surface area (Å²) in [6.45, 7) is 6.33. The van der Waals surface area contributed by atoms with Crippen LogP contribution >= 0.6 is 23.7 Å². The zero-order chi connectivity index (χ0) is 19.4. The number of carbonyl (C=O) groups excluding carboxylic acids is 1. The number of carbonyl (C=O) groups is 1. The number of ether oxygens (including phenoxy) is 1. The van der Waals surface area contributed by atoms with E-state index in [2.05, 4.69) is 44.3 Å². The number of thiazole rings is 1. The Balaban J connectivity index is 0.00000280. The van der Waals surface area contributed by atoms with Gasteiger partial charge in [-0.15, -0.1) is 23.7 Å². The first-order valence-corrected chi connectivity index (χ1v) is 9.86. The molecule has 148 valence electrons. The first kappa shape index (κ1) is 21.9. The van der Waals surface area contributed by atoms with Gasteiger partial charge in [0.2, 0.25) is 0 Å². The smallest absolute Gasteiger partial charge is 0.261 e. The standard InChI is InChI=1S/C22H24N2O2S.ClH/c1-5-8-19-20(17-13-14(2)11-12-15(17)3)23-22(27-19)24-21(25)16-9-6-7-10-18(16)26-4;/h6-7,9-13H,5,8H2,1-4H3,(H,23,24,25);1H. The van der Waals surface area contributed by atoms with E-state index in [9.17, 15) is 4.79 Å². The van der Waals surface area contributed by atoms with Gasteiger partial charge >= 0.3 is 0 Å². The van der Waals surface area contributed by atoms with Gasteiger partial charge in [-0.1, -0.05) is 43.2 Å². The Morgan fingerprint density at radius 2 is 1.93 bits per heavy atom. The second-order valence-electron chi connectivity index (χ2n) is 6.51. The molecule has 0 atom stereocenters. The number of nitrogens with one attached hydrogen (secondary N) is 1. The molecule has 1 amide bonds. The van der Waals surface area contributed by atoms with Crippen LogP contribution in [0.1, 0.15) is 39.7 Å². The van der Waals surface area contributed by atoms with Crippen LogP contribution in [0.15, 0.2) is 42.5 Å². The average molecular weight is 417 g/mol. The Hall–Kier alpha value is -2.37.